The minimum atomic E-state index is -0.411. The van der Waals surface area contributed by atoms with Crippen molar-refractivity contribution in [1.82, 2.24) is 14.8 Å². The monoisotopic (exact) mass is 543 g/mol. The molecule has 4 rings (SSSR count). The lowest BCUT2D eigenvalue weighted by atomic mass is 9.87. The van der Waals surface area contributed by atoms with Crippen LogP contribution in [-0.4, -0.2) is 48.2 Å². The fourth-order valence-electron chi connectivity index (χ4n) is 5.51. The average molecular weight is 544 g/mol. The molecule has 0 aliphatic heterocycles. The van der Waals surface area contributed by atoms with Gasteiger partial charge in [0, 0.05) is 42.0 Å². The molecule has 0 aliphatic rings. The Balaban J connectivity index is 1.59. The molecule has 0 saturated heterocycles. The second-order valence-electron chi connectivity index (χ2n) is 10.5. The third kappa shape index (κ3) is 7.30. The first-order chi connectivity index (χ1) is 19.4. The molecule has 40 heavy (non-hydrogen) atoms. The third-order valence-electron chi connectivity index (χ3n) is 7.79. The summed E-state index contributed by atoms with van der Waals surface area (Å²) in [5, 5.41) is 4.22. The summed E-state index contributed by atoms with van der Waals surface area (Å²) in [7, 11) is 1.66. The zero-order chi connectivity index (χ0) is 28.5. The number of nitrogens with zero attached hydrogens (tertiary/aromatic N) is 2. The molecule has 2 atom stereocenters. The van der Waals surface area contributed by atoms with E-state index in [2.05, 4.69) is 66.0 Å². The lowest BCUT2D eigenvalue weighted by Gasteiger charge is -2.21. The van der Waals surface area contributed by atoms with Gasteiger partial charge in [0.25, 0.3) is 0 Å². The van der Waals surface area contributed by atoms with Crippen LogP contribution in [0.2, 0.25) is 0 Å². The van der Waals surface area contributed by atoms with Crippen molar-refractivity contribution < 1.29 is 13.9 Å². The summed E-state index contributed by atoms with van der Waals surface area (Å²) in [6.45, 7) is 10.2. The number of ether oxygens (including phenoxy) is 1. The number of benzene rings is 3. The van der Waals surface area contributed by atoms with Crippen LogP contribution in [0.25, 0.3) is 10.9 Å². The minimum Gasteiger partial charge on any atom is -0.497 e. The van der Waals surface area contributed by atoms with Gasteiger partial charge in [0.15, 0.2) is 0 Å². The topological polar surface area (TPSA) is 46.5 Å². The van der Waals surface area contributed by atoms with Crippen LogP contribution in [-0.2, 0) is 11.3 Å². The van der Waals surface area contributed by atoms with E-state index in [1.807, 2.05) is 30.3 Å². The van der Waals surface area contributed by atoms with Gasteiger partial charge in [0.2, 0.25) is 5.91 Å². The quantitative estimate of drug-likeness (QED) is 0.187. The number of fused-ring (bicyclic) bond motifs is 1. The Kier molecular flexibility index (Phi) is 10.4. The van der Waals surface area contributed by atoms with E-state index >= 15 is 4.39 Å². The van der Waals surface area contributed by atoms with E-state index < -0.39 is 5.92 Å². The molecular weight excluding hydrogens is 501 g/mol. The first-order valence-electron chi connectivity index (χ1n) is 14.4. The van der Waals surface area contributed by atoms with Gasteiger partial charge >= 0.3 is 0 Å². The number of carbonyl (C=O) groups is 1. The van der Waals surface area contributed by atoms with Gasteiger partial charge < -0.3 is 19.5 Å². The minimum absolute atomic E-state index is 0.0562. The van der Waals surface area contributed by atoms with E-state index in [4.69, 9.17) is 4.74 Å². The molecule has 0 bridgehead atoms. The predicted octanol–water partition coefficient (Wildman–Crippen LogP) is 6.99. The highest BCUT2D eigenvalue weighted by Gasteiger charge is 2.25. The Morgan fingerprint density at radius 3 is 2.38 bits per heavy atom. The van der Waals surface area contributed by atoms with Crippen LogP contribution in [0.1, 0.15) is 62.6 Å². The SMILES string of the molecule is CCN(CC)CCC[C@H](C)NC(=O)C[C@H](c1ccccc1F)c1cn(Cc2ccc(OC)cc2)c2ccccc12. The maximum absolute atomic E-state index is 15.2. The maximum atomic E-state index is 15.2. The molecule has 0 spiro atoms. The number of halogens is 1. The van der Waals surface area contributed by atoms with E-state index in [0.29, 0.717) is 12.1 Å². The van der Waals surface area contributed by atoms with E-state index in [1.54, 1.807) is 19.2 Å². The second kappa shape index (κ2) is 14.1. The van der Waals surface area contributed by atoms with Crippen molar-refractivity contribution in [3.05, 3.63) is 102 Å². The van der Waals surface area contributed by atoms with Crippen molar-refractivity contribution in [2.45, 2.75) is 58.5 Å². The van der Waals surface area contributed by atoms with E-state index in [1.165, 1.54) is 6.07 Å². The van der Waals surface area contributed by atoms with Crippen LogP contribution in [0.5, 0.6) is 5.75 Å². The lowest BCUT2D eigenvalue weighted by Crippen LogP contribution is -2.34. The fourth-order valence-corrected chi connectivity index (χ4v) is 5.51. The average Bonchev–Trinajstić information content (AvgIpc) is 3.33. The molecule has 1 heterocycles. The molecular formula is C34H42FN3O2. The van der Waals surface area contributed by atoms with Crippen LogP contribution in [0, 0.1) is 5.82 Å². The summed E-state index contributed by atoms with van der Waals surface area (Å²) in [4.78, 5) is 15.8. The zero-order valence-electron chi connectivity index (χ0n) is 24.2. The molecule has 1 amide bonds. The van der Waals surface area contributed by atoms with Crippen molar-refractivity contribution in [3.8, 4) is 5.75 Å². The van der Waals surface area contributed by atoms with Crippen molar-refractivity contribution in [2.75, 3.05) is 26.7 Å². The van der Waals surface area contributed by atoms with Crippen LogP contribution in [0.15, 0.2) is 79.0 Å². The van der Waals surface area contributed by atoms with Crippen molar-refractivity contribution >= 4 is 16.8 Å². The summed E-state index contributed by atoms with van der Waals surface area (Å²) >= 11 is 0. The largest absolute Gasteiger partial charge is 0.497 e. The van der Waals surface area contributed by atoms with Crippen LogP contribution >= 0.6 is 0 Å². The standard InChI is InChI=1S/C34H42FN3O2/c1-5-37(6-2)21-11-12-25(3)36-34(39)22-30(28-13-7-9-15-32(28)35)31-24-38(33-16-10-8-14-29(31)33)23-26-17-19-27(40-4)20-18-26/h7-10,13-20,24-25,30H,5-6,11-12,21-23H2,1-4H3,(H,36,39)/t25-,30+/m0/s1. The second-order valence-corrected chi connectivity index (χ2v) is 10.5. The summed E-state index contributed by atoms with van der Waals surface area (Å²) in [5.74, 6) is 0.0518. The highest BCUT2D eigenvalue weighted by atomic mass is 19.1. The highest BCUT2D eigenvalue weighted by molar-refractivity contribution is 5.87. The Labute approximate surface area is 238 Å². The third-order valence-corrected chi connectivity index (χ3v) is 7.79. The number of hydrogen-bond donors (Lipinski definition) is 1. The Morgan fingerprint density at radius 1 is 0.975 bits per heavy atom. The maximum Gasteiger partial charge on any atom is 0.221 e. The number of aromatic nitrogens is 1. The molecule has 0 unspecified atom stereocenters. The Morgan fingerprint density at radius 2 is 1.68 bits per heavy atom. The summed E-state index contributed by atoms with van der Waals surface area (Å²) in [6, 6.07) is 23.1. The van der Waals surface area contributed by atoms with Crippen LogP contribution in [0.3, 0.4) is 0 Å². The van der Waals surface area contributed by atoms with E-state index in [9.17, 15) is 4.79 Å². The number of rotatable bonds is 14. The molecule has 0 fully saturated rings. The van der Waals surface area contributed by atoms with Crippen LogP contribution < -0.4 is 10.1 Å². The molecule has 3 aromatic carbocycles. The Bertz CT molecular complexity index is 1380. The van der Waals surface area contributed by atoms with Gasteiger partial charge in [0.1, 0.15) is 11.6 Å². The van der Waals surface area contributed by atoms with Gasteiger partial charge in [-0.3, -0.25) is 4.79 Å². The normalized spacial score (nSPS) is 12.9. The molecule has 0 aliphatic carbocycles. The molecule has 6 heteroatoms. The van der Waals surface area contributed by atoms with Crippen molar-refractivity contribution in [1.29, 1.82) is 0 Å². The molecule has 0 radical (unpaired) electrons. The number of amides is 1. The van der Waals surface area contributed by atoms with E-state index in [-0.39, 0.29) is 24.2 Å². The summed E-state index contributed by atoms with van der Waals surface area (Å²) in [6.07, 6.45) is 4.21. The molecule has 1 N–H and O–H groups in total. The van der Waals surface area contributed by atoms with Gasteiger partial charge in [-0.05, 0) is 80.4 Å². The van der Waals surface area contributed by atoms with Gasteiger partial charge in [-0.25, -0.2) is 4.39 Å². The lowest BCUT2D eigenvalue weighted by molar-refractivity contribution is -0.121. The predicted molar refractivity (Wildman–Crippen MR) is 162 cm³/mol. The summed E-state index contributed by atoms with van der Waals surface area (Å²) in [5.41, 5.74) is 3.68. The zero-order valence-corrected chi connectivity index (χ0v) is 24.2. The number of para-hydroxylation sites is 1. The van der Waals surface area contributed by atoms with Crippen LogP contribution in [0.4, 0.5) is 4.39 Å². The van der Waals surface area contributed by atoms with Gasteiger partial charge in [-0.15, -0.1) is 0 Å². The molecule has 212 valence electrons. The van der Waals surface area contributed by atoms with Crippen molar-refractivity contribution in [2.24, 2.45) is 0 Å². The number of methoxy groups -OCH3 is 1. The van der Waals surface area contributed by atoms with Gasteiger partial charge in [-0.2, -0.15) is 0 Å². The van der Waals surface area contributed by atoms with Gasteiger partial charge in [-0.1, -0.05) is 62.4 Å². The number of carbonyl (C=O) groups excluding carboxylic acids is 1. The smallest absolute Gasteiger partial charge is 0.221 e. The molecule has 4 aromatic rings. The van der Waals surface area contributed by atoms with Gasteiger partial charge in [0.05, 0.1) is 7.11 Å². The highest BCUT2D eigenvalue weighted by Crippen LogP contribution is 2.36. The Hall–Kier alpha value is -3.64. The van der Waals surface area contributed by atoms with E-state index in [0.717, 1.165) is 60.3 Å². The van der Waals surface area contributed by atoms with Crippen molar-refractivity contribution in [3.63, 3.8) is 0 Å². The molecule has 1 aromatic heterocycles. The fraction of sp³-hybridized carbons (Fsp3) is 0.382. The molecule has 0 saturated carbocycles. The first-order valence-corrected chi connectivity index (χ1v) is 14.4. The number of nitrogens with one attached hydrogen (secondary N) is 1. The molecule has 5 nitrogen and oxygen atoms in total. The summed E-state index contributed by atoms with van der Waals surface area (Å²) < 4.78 is 22.7. The first kappa shape index (κ1) is 29.3. The number of hydrogen-bond acceptors (Lipinski definition) is 3.